The van der Waals surface area contributed by atoms with E-state index in [-0.39, 0.29) is 11.8 Å². The number of ketones is 1. The van der Waals surface area contributed by atoms with E-state index in [4.69, 9.17) is 4.74 Å². The minimum Gasteiger partial charge on any atom is -0.469 e. The first-order chi connectivity index (χ1) is 8.56. The predicted molar refractivity (Wildman–Crippen MR) is 63.8 cm³/mol. The fourth-order valence-electron chi connectivity index (χ4n) is 2.51. The minimum atomic E-state index is -0.954. The summed E-state index contributed by atoms with van der Waals surface area (Å²) in [6.45, 7) is 0. The van der Waals surface area contributed by atoms with Crippen molar-refractivity contribution < 1.29 is 23.9 Å². The van der Waals surface area contributed by atoms with Crippen LogP contribution in [0, 0.1) is 5.41 Å². The summed E-state index contributed by atoms with van der Waals surface area (Å²) in [6, 6.07) is 0. The Balaban J connectivity index is 2.51. The van der Waals surface area contributed by atoms with Crippen molar-refractivity contribution in [2.75, 3.05) is 14.2 Å². The first kappa shape index (κ1) is 14.7. The van der Waals surface area contributed by atoms with Crippen LogP contribution in [0.3, 0.4) is 0 Å². The molecule has 1 rings (SSSR count). The molecule has 1 fully saturated rings. The van der Waals surface area contributed by atoms with Gasteiger partial charge in [-0.2, -0.15) is 0 Å². The van der Waals surface area contributed by atoms with Gasteiger partial charge in [-0.1, -0.05) is 6.42 Å². The van der Waals surface area contributed by atoms with Crippen molar-refractivity contribution in [1.29, 1.82) is 0 Å². The molecule has 0 bridgehead atoms. The molecule has 0 unspecified atom stereocenters. The van der Waals surface area contributed by atoms with Crippen LogP contribution >= 0.6 is 0 Å². The highest BCUT2D eigenvalue weighted by molar-refractivity contribution is 6.05. The second-order valence-electron chi connectivity index (χ2n) is 4.63. The summed E-state index contributed by atoms with van der Waals surface area (Å²) in [4.78, 5) is 34.6. The second-order valence-corrected chi connectivity index (χ2v) is 4.63. The van der Waals surface area contributed by atoms with Crippen molar-refractivity contribution in [3.8, 4) is 0 Å². The largest absolute Gasteiger partial charge is 0.469 e. The first-order valence-corrected chi connectivity index (χ1v) is 6.25. The third-order valence-corrected chi connectivity index (χ3v) is 3.58. The number of carbonyl (C=O) groups is 3. The van der Waals surface area contributed by atoms with Crippen molar-refractivity contribution in [3.63, 3.8) is 0 Å². The van der Waals surface area contributed by atoms with E-state index in [0.717, 1.165) is 6.42 Å². The van der Waals surface area contributed by atoms with Crippen LogP contribution < -0.4 is 0 Å². The van der Waals surface area contributed by atoms with E-state index in [2.05, 4.69) is 4.74 Å². The van der Waals surface area contributed by atoms with E-state index in [1.807, 2.05) is 0 Å². The second kappa shape index (κ2) is 6.52. The Morgan fingerprint density at radius 3 is 2.44 bits per heavy atom. The SMILES string of the molecule is COC(=O)CCCC[C@]1(C(=O)OC)CCCC1=O. The van der Waals surface area contributed by atoms with Crippen molar-refractivity contribution in [3.05, 3.63) is 0 Å². The van der Waals surface area contributed by atoms with Crippen molar-refractivity contribution in [2.24, 2.45) is 5.41 Å². The molecule has 0 saturated heterocycles. The van der Waals surface area contributed by atoms with Gasteiger partial charge in [0.15, 0.2) is 0 Å². The van der Waals surface area contributed by atoms with Gasteiger partial charge in [0.2, 0.25) is 0 Å². The molecule has 0 N–H and O–H groups in total. The van der Waals surface area contributed by atoms with E-state index in [1.54, 1.807) is 0 Å². The maximum absolute atomic E-state index is 11.9. The molecule has 0 heterocycles. The van der Waals surface area contributed by atoms with Gasteiger partial charge >= 0.3 is 11.9 Å². The third-order valence-electron chi connectivity index (χ3n) is 3.58. The Kier molecular flexibility index (Phi) is 5.31. The third kappa shape index (κ3) is 3.09. The van der Waals surface area contributed by atoms with Crippen LogP contribution in [0.15, 0.2) is 0 Å². The molecule has 0 aromatic carbocycles. The van der Waals surface area contributed by atoms with Gasteiger partial charge in [0.25, 0.3) is 0 Å². The number of rotatable bonds is 6. The summed E-state index contributed by atoms with van der Waals surface area (Å²) < 4.78 is 9.30. The lowest BCUT2D eigenvalue weighted by Crippen LogP contribution is -2.36. The Bertz CT molecular complexity index is 336. The molecule has 102 valence electrons. The van der Waals surface area contributed by atoms with Gasteiger partial charge in [-0.05, 0) is 25.7 Å². The predicted octanol–water partition coefficient (Wildman–Crippen LogP) is 1.63. The summed E-state index contributed by atoms with van der Waals surface area (Å²) in [5.74, 6) is -0.713. The number of hydrogen-bond donors (Lipinski definition) is 0. The van der Waals surface area contributed by atoms with E-state index >= 15 is 0 Å². The summed E-state index contributed by atoms with van der Waals surface area (Å²) in [5.41, 5.74) is -0.954. The van der Waals surface area contributed by atoms with Gasteiger partial charge in [-0.3, -0.25) is 14.4 Å². The van der Waals surface area contributed by atoms with Crippen molar-refractivity contribution >= 4 is 17.7 Å². The van der Waals surface area contributed by atoms with Gasteiger partial charge < -0.3 is 9.47 Å². The van der Waals surface area contributed by atoms with Gasteiger partial charge in [0.1, 0.15) is 11.2 Å². The molecule has 0 radical (unpaired) electrons. The molecule has 0 spiro atoms. The number of hydrogen-bond acceptors (Lipinski definition) is 5. The van der Waals surface area contributed by atoms with Gasteiger partial charge in [-0.15, -0.1) is 0 Å². The fraction of sp³-hybridized carbons (Fsp3) is 0.769. The Morgan fingerprint density at radius 2 is 1.94 bits per heavy atom. The normalized spacial score (nSPS) is 22.9. The lowest BCUT2D eigenvalue weighted by Gasteiger charge is -2.23. The zero-order valence-corrected chi connectivity index (χ0v) is 11.0. The summed E-state index contributed by atoms with van der Waals surface area (Å²) in [5, 5.41) is 0. The topological polar surface area (TPSA) is 69.7 Å². The highest BCUT2D eigenvalue weighted by atomic mass is 16.5. The number of carbonyl (C=O) groups excluding carboxylic acids is 3. The molecular weight excluding hydrogens is 236 g/mol. The number of esters is 2. The van der Waals surface area contributed by atoms with Crippen molar-refractivity contribution in [2.45, 2.75) is 44.9 Å². The average molecular weight is 256 g/mol. The molecule has 0 amide bonds. The highest BCUT2D eigenvalue weighted by Crippen LogP contribution is 2.40. The van der Waals surface area contributed by atoms with E-state index in [9.17, 15) is 14.4 Å². The van der Waals surface area contributed by atoms with Crippen LogP contribution in [-0.2, 0) is 23.9 Å². The van der Waals surface area contributed by atoms with Gasteiger partial charge in [0.05, 0.1) is 14.2 Å². The fourth-order valence-corrected chi connectivity index (χ4v) is 2.51. The number of ether oxygens (including phenoxy) is 2. The zero-order valence-electron chi connectivity index (χ0n) is 11.0. The molecule has 5 heteroatoms. The van der Waals surface area contributed by atoms with E-state index in [0.29, 0.717) is 38.5 Å². The van der Waals surface area contributed by atoms with E-state index < -0.39 is 11.4 Å². The van der Waals surface area contributed by atoms with Crippen LogP contribution in [0.5, 0.6) is 0 Å². The first-order valence-electron chi connectivity index (χ1n) is 6.25. The van der Waals surface area contributed by atoms with Crippen LogP contribution in [0.2, 0.25) is 0 Å². The molecule has 5 nitrogen and oxygen atoms in total. The molecule has 0 aromatic rings. The molecule has 0 aromatic heterocycles. The molecule has 1 aliphatic rings. The molecule has 1 aliphatic carbocycles. The monoisotopic (exact) mass is 256 g/mol. The van der Waals surface area contributed by atoms with Crippen LogP contribution in [0.4, 0.5) is 0 Å². The molecular formula is C13H20O5. The smallest absolute Gasteiger partial charge is 0.319 e. The standard InChI is InChI=1S/C13H20O5/c1-17-11(15)7-3-4-8-13(12(16)18-2)9-5-6-10(13)14/h3-9H2,1-2H3/t13-/m0/s1. The lowest BCUT2D eigenvalue weighted by molar-refractivity contribution is -0.157. The number of unbranched alkanes of at least 4 members (excludes halogenated alkanes) is 1. The maximum atomic E-state index is 11.9. The zero-order chi connectivity index (χ0) is 13.6. The number of methoxy groups -OCH3 is 2. The molecule has 0 aliphatic heterocycles. The van der Waals surface area contributed by atoms with Gasteiger partial charge in [-0.25, -0.2) is 0 Å². The Hall–Kier alpha value is -1.39. The summed E-state index contributed by atoms with van der Waals surface area (Å²) in [6.07, 6.45) is 3.82. The number of Topliss-reactive ketones (excluding diaryl/α,β-unsaturated/α-hetero) is 1. The highest BCUT2D eigenvalue weighted by Gasteiger charge is 2.48. The minimum absolute atomic E-state index is 0.0209. The Morgan fingerprint density at radius 1 is 1.22 bits per heavy atom. The Labute approximate surface area is 107 Å². The summed E-state index contributed by atoms with van der Waals surface area (Å²) >= 11 is 0. The van der Waals surface area contributed by atoms with Crippen molar-refractivity contribution in [1.82, 2.24) is 0 Å². The van der Waals surface area contributed by atoms with Gasteiger partial charge in [0, 0.05) is 12.8 Å². The maximum Gasteiger partial charge on any atom is 0.319 e. The molecule has 1 saturated carbocycles. The molecule has 1 atom stereocenters. The van der Waals surface area contributed by atoms with Crippen LogP contribution in [0.25, 0.3) is 0 Å². The van der Waals surface area contributed by atoms with Crippen LogP contribution in [-0.4, -0.2) is 31.9 Å². The summed E-state index contributed by atoms with van der Waals surface area (Å²) in [7, 11) is 2.66. The average Bonchev–Trinajstić information content (AvgIpc) is 2.75. The quantitative estimate of drug-likeness (QED) is 0.410. The van der Waals surface area contributed by atoms with Crippen LogP contribution in [0.1, 0.15) is 44.9 Å². The van der Waals surface area contributed by atoms with E-state index in [1.165, 1.54) is 14.2 Å². The lowest BCUT2D eigenvalue weighted by atomic mass is 9.80. The molecule has 18 heavy (non-hydrogen) atoms.